The molecule has 23 heavy (non-hydrogen) atoms. The molecule has 3 rings (SSSR count). The second-order valence-corrected chi connectivity index (χ2v) is 7.03. The minimum absolute atomic E-state index is 0.0113. The summed E-state index contributed by atoms with van der Waals surface area (Å²) in [5.41, 5.74) is -0.940. The van der Waals surface area contributed by atoms with Crippen molar-refractivity contribution in [2.45, 2.75) is 18.4 Å². The van der Waals surface area contributed by atoms with Crippen LogP contribution in [0.2, 0.25) is 0 Å². The normalized spacial score (nSPS) is 15.5. The third-order valence-corrected chi connectivity index (χ3v) is 5.59. The molecular formula is C14H15N3O5S. The molecule has 0 unspecified atom stereocenters. The number of nitrogens with zero attached hydrogens (tertiary/aromatic N) is 1. The largest absolute Gasteiger partial charge is 0.492 e. The van der Waals surface area contributed by atoms with Gasteiger partial charge in [-0.2, -0.15) is 4.31 Å². The molecule has 0 saturated carbocycles. The fraction of sp³-hybridized carbons (Fsp3) is 0.286. The molecule has 0 radical (unpaired) electrons. The zero-order chi connectivity index (χ0) is 16.6. The van der Waals surface area contributed by atoms with Gasteiger partial charge in [0.25, 0.3) is 15.6 Å². The number of fused-ring (bicyclic) bond motifs is 1. The summed E-state index contributed by atoms with van der Waals surface area (Å²) in [5, 5.41) is 0. The summed E-state index contributed by atoms with van der Waals surface area (Å²) in [6.07, 6.45) is 0. The van der Waals surface area contributed by atoms with Gasteiger partial charge in [-0.1, -0.05) is 18.2 Å². The molecular weight excluding hydrogens is 322 g/mol. The minimum atomic E-state index is -4.07. The third kappa shape index (κ3) is 2.80. The number of benzene rings is 1. The number of H-pyrrole nitrogens is 2. The SMILES string of the molecule is Cc1[nH]c(=O)[nH]c(=O)c1S(=O)(=O)N1CCOc2ccccc2C1. The van der Waals surface area contributed by atoms with Crippen molar-refractivity contribution in [1.82, 2.24) is 14.3 Å². The maximum atomic E-state index is 12.8. The Kier molecular flexibility index (Phi) is 3.82. The number of aryl methyl sites for hydroxylation is 1. The lowest BCUT2D eigenvalue weighted by molar-refractivity contribution is 0.292. The van der Waals surface area contributed by atoms with E-state index >= 15 is 0 Å². The van der Waals surface area contributed by atoms with Gasteiger partial charge in [0.05, 0.1) is 0 Å². The second-order valence-electron chi connectivity index (χ2n) is 5.16. The maximum Gasteiger partial charge on any atom is 0.325 e. The predicted octanol–water partition coefficient (Wildman–Crippen LogP) is -0.0451. The average Bonchev–Trinajstić information content (AvgIpc) is 2.68. The zero-order valence-corrected chi connectivity index (χ0v) is 13.1. The van der Waals surface area contributed by atoms with Gasteiger partial charge in [-0.15, -0.1) is 0 Å². The number of hydrogen-bond donors (Lipinski definition) is 2. The third-order valence-electron chi connectivity index (χ3n) is 3.59. The monoisotopic (exact) mass is 337 g/mol. The topological polar surface area (TPSA) is 112 Å². The van der Waals surface area contributed by atoms with E-state index in [-0.39, 0.29) is 25.4 Å². The number of nitrogens with one attached hydrogen (secondary N) is 2. The molecule has 0 aliphatic carbocycles. The van der Waals surface area contributed by atoms with Crippen molar-refractivity contribution in [2.75, 3.05) is 13.2 Å². The summed E-state index contributed by atoms with van der Waals surface area (Å²) in [4.78, 5) is 27.0. The van der Waals surface area contributed by atoms with Gasteiger partial charge in [-0.3, -0.25) is 9.78 Å². The molecule has 1 aromatic carbocycles. The highest BCUT2D eigenvalue weighted by molar-refractivity contribution is 7.89. The number of aromatic nitrogens is 2. The van der Waals surface area contributed by atoms with Crippen molar-refractivity contribution in [1.29, 1.82) is 0 Å². The molecule has 0 atom stereocenters. The van der Waals surface area contributed by atoms with Crippen LogP contribution < -0.4 is 16.0 Å². The number of ether oxygens (including phenoxy) is 1. The van der Waals surface area contributed by atoms with Crippen molar-refractivity contribution in [2.24, 2.45) is 0 Å². The van der Waals surface area contributed by atoms with E-state index in [1.54, 1.807) is 24.3 Å². The summed E-state index contributed by atoms with van der Waals surface area (Å²) in [6.45, 7) is 1.76. The van der Waals surface area contributed by atoms with E-state index in [1.165, 1.54) is 11.2 Å². The van der Waals surface area contributed by atoms with Crippen LogP contribution in [-0.4, -0.2) is 35.8 Å². The molecule has 0 saturated heterocycles. The van der Waals surface area contributed by atoms with Crippen LogP contribution in [0, 0.1) is 6.92 Å². The Hall–Kier alpha value is -2.39. The molecule has 2 N–H and O–H groups in total. The summed E-state index contributed by atoms with van der Waals surface area (Å²) >= 11 is 0. The Morgan fingerprint density at radius 1 is 1.17 bits per heavy atom. The predicted molar refractivity (Wildman–Crippen MR) is 82.0 cm³/mol. The number of aromatic amines is 2. The number of para-hydroxylation sites is 1. The van der Waals surface area contributed by atoms with Crippen molar-refractivity contribution in [3.05, 3.63) is 56.4 Å². The molecule has 0 spiro atoms. The van der Waals surface area contributed by atoms with Gasteiger partial charge in [0.2, 0.25) is 0 Å². The second kappa shape index (κ2) is 5.67. The van der Waals surface area contributed by atoms with Crippen LogP contribution in [0.5, 0.6) is 5.75 Å². The van der Waals surface area contributed by atoms with E-state index in [0.29, 0.717) is 11.3 Å². The first-order valence-corrected chi connectivity index (χ1v) is 8.37. The van der Waals surface area contributed by atoms with Gasteiger partial charge < -0.3 is 9.72 Å². The van der Waals surface area contributed by atoms with Gasteiger partial charge in [-0.25, -0.2) is 13.2 Å². The standard InChI is InChI=1S/C14H15N3O5S/c1-9-12(13(18)16-14(19)15-9)23(20,21)17-6-7-22-11-5-3-2-4-10(11)8-17/h2-5H,6-8H2,1H3,(H2,15,16,18,19). The maximum absolute atomic E-state index is 12.8. The highest BCUT2D eigenvalue weighted by Crippen LogP contribution is 2.25. The zero-order valence-electron chi connectivity index (χ0n) is 12.3. The summed E-state index contributed by atoms with van der Waals surface area (Å²) in [7, 11) is -4.07. The van der Waals surface area contributed by atoms with E-state index < -0.39 is 26.2 Å². The lowest BCUT2D eigenvalue weighted by atomic mass is 10.2. The van der Waals surface area contributed by atoms with Crippen molar-refractivity contribution >= 4 is 10.0 Å². The number of rotatable bonds is 2. The molecule has 0 fully saturated rings. The summed E-state index contributed by atoms with van der Waals surface area (Å²) in [5.74, 6) is 0.623. The van der Waals surface area contributed by atoms with Gasteiger partial charge >= 0.3 is 5.69 Å². The van der Waals surface area contributed by atoms with E-state index in [2.05, 4.69) is 4.98 Å². The molecule has 1 aromatic heterocycles. The first-order valence-electron chi connectivity index (χ1n) is 6.93. The van der Waals surface area contributed by atoms with E-state index in [4.69, 9.17) is 4.74 Å². The molecule has 9 heteroatoms. The van der Waals surface area contributed by atoms with E-state index in [9.17, 15) is 18.0 Å². The molecule has 1 aliphatic heterocycles. The smallest absolute Gasteiger partial charge is 0.325 e. The van der Waals surface area contributed by atoms with Crippen LogP contribution in [-0.2, 0) is 16.6 Å². The Bertz CT molecular complexity index is 961. The van der Waals surface area contributed by atoms with Gasteiger partial charge in [0.1, 0.15) is 12.4 Å². The first-order chi connectivity index (χ1) is 10.9. The fourth-order valence-corrected chi connectivity index (χ4v) is 4.14. The Balaban J connectivity index is 2.08. The van der Waals surface area contributed by atoms with Crippen LogP contribution in [0.25, 0.3) is 0 Å². The molecule has 2 heterocycles. The fourth-order valence-electron chi connectivity index (χ4n) is 2.54. The minimum Gasteiger partial charge on any atom is -0.492 e. The molecule has 122 valence electrons. The van der Waals surface area contributed by atoms with E-state index in [1.807, 2.05) is 4.98 Å². The van der Waals surface area contributed by atoms with Gasteiger partial charge in [-0.05, 0) is 13.0 Å². The lowest BCUT2D eigenvalue weighted by Crippen LogP contribution is -2.38. The first kappa shape index (κ1) is 15.5. The lowest BCUT2D eigenvalue weighted by Gasteiger charge is -2.19. The molecule has 0 amide bonds. The number of sulfonamides is 1. The molecule has 1 aliphatic rings. The van der Waals surface area contributed by atoms with Crippen LogP contribution >= 0.6 is 0 Å². The van der Waals surface area contributed by atoms with Crippen molar-refractivity contribution < 1.29 is 13.2 Å². The molecule has 0 bridgehead atoms. The highest BCUT2D eigenvalue weighted by atomic mass is 32.2. The highest BCUT2D eigenvalue weighted by Gasteiger charge is 2.31. The summed E-state index contributed by atoms with van der Waals surface area (Å²) < 4.78 is 32.4. The van der Waals surface area contributed by atoms with Gasteiger partial charge in [0, 0.05) is 24.3 Å². The summed E-state index contributed by atoms with van der Waals surface area (Å²) in [6, 6.07) is 7.13. The van der Waals surface area contributed by atoms with Crippen molar-refractivity contribution in [3.8, 4) is 5.75 Å². The van der Waals surface area contributed by atoms with Crippen LogP contribution in [0.1, 0.15) is 11.3 Å². The Labute approximate surface area is 131 Å². The van der Waals surface area contributed by atoms with Crippen molar-refractivity contribution in [3.63, 3.8) is 0 Å². The van der Waals surface area contributed by atoms with Crippen LogP contribution in [0.4, 0.5) is 0 Å². The Morgan fingerprint density at radius 3 is 2.65 bits per heavy atom. The molecule has 8 nitrogen and oxygen atoms in total. The quantitative estimate of drug-likeness (QED) is 0.798. The Morgan fingerprint density at radius 2 is 1.91 bits per heavy atom. The average molecular weight is 337 g/mol. The molecule has 2 aromatic rings. The van der Waals surface area contributed by atoms with E-state index in [0.717, 1.165) is 0 Å². The van der Waals surface area contributed by atoms with Crippen LogP contribution in [0.15, 0.2) is 38.8 Å². The van der Waals surface area contributed by atoms with Crippen LogP contribution in [0.3, 0.4) is 0 Å². The van der Waals surface area contributed by atoms with Gasteiger partial charge in [0.15, 0.2) is 4.90 Å². The number of hydrogen-bond acceptors (Lipinski definition) is 5.